The second-order valence-corrected chi connectivity index (χ2v) is 6.84. The first kappa shape index (κ1) is 18.3. The third kappa shape index (κ3) is 4.26. The molecule has 1 aliphatic heterocycles. The molecule has 0 unspecified atom stereocenters. The van der Waals surface area contributed by atoms with Gasteiger partial charge in [0.05, 0.1) is 24.8 Å². The molecular formula is C20H19ClN4O3. The molecule has 0 bridgehead atoms. The molecule has 144 valence electrons. The van der Waals surface area contributed by atoms with Crippen molar-refractivity contribution >= 4 is 17.5 Å². The number of fused-ring (bicyclic) bond motifs is 1. The van der Waals surface area contributed by atoms with Crippen LogP contribution in [0.25, 0.3) is 0 Å². The minimum atomic E-state index is -0.223. The number of benzene rings is 2. The monoisotopic (exact) mass is 398 g/mol. The van der Waals surface area contributed by atoms with Crippen molar-refractivity contribution in [2.75, 3.05) is 13.2 Å². The molecular weight excluding hydrogens is 380 g/mol. The van der Waals surface area contributed by atoms with E-state index in [-0.39, 0.29) is 5.91 Å². The first-order chi connectivity index (χ1) is 13.7. The highest BCUT2D eigenvalue weighted by Crippen LogP contribution is 2.37. The Morgan fingerprint density at radius 1 is 1.18 bits per heavy atom. The topological polar surface area (TPSA) is 78.3 Å². The molecule has 0 radical (unpaired) electrons. The zero-order chi connectivity index (χ0) is 19.3. The molecule has 2 heterocycles. The van der Waals surface area contributed by atoms with Gasteiger partial charge in [0.2, 0.25) is 0 Å². The summed E-state index contributed by atoms with van der Waals surface area (Å²) >= 11 is 6.27. The van der Waals surface area contributed by atoms with Crippen LogP contribution < -0.4 is 14.8 Å². The summed E-state index contributed by atoms with van der Waals surface area (Å²) in [5, 5.41) is 7.40. The molecule has 28 heavy (non-hydrogen) atoms. The van der Waals surface area contributed by atoms with E-state index < -0.39 is 0 Å². The molecule has 4 rings (SSSR count). The second kappa shape index (κ2) is 8.31. The largest absolute Gasteiger partial charge is 0.489 e. The van der Waals surface area contributed by atoms with Crippen LogP contribution in [0.1, 0.15) is 27.9 Å². The zero-order valence-corrected chi connectivity index (χ0v) is 15.9. The Bertz CT molecular complexity index is 976. The number of ether oxygens (including phenoxy) is 2. The van der Waals surface area contributed by atoms with Gasteiger partial charge < -0.3 is 14.8 Å². The molecule has 0 aliphatic carbocycles. The molecule has 0 fully saturated rings. The van der Waals surface area contributed by atoms with Gasteiger partial charge >= 0.3 is 0 Å². The molecule has 2 aromatic carbocycles. The first-order valence-electron chi connectivity index (χ1n) is 8.96. The van der Waals surface area contributed by atoms with Crippen molar-refractivity contribution in [1.82, 2.24) is 20.1 Å². The van der Waals surface area contributed by atoms with Crippen LogP contribution in [0.2, 0.25) is 5.02 Å². The van der Waals surface area contributed by atoms with Gasteiger partial charge in [0.25, 0.3) is 5.91 Å². The Morgan fingerprint density at radius 2 is 2.04 bits per heavy atom. The number of halogens is 1. The molecule has 3 aromatic rings. The predicted molar refractivity (Wildman–Crippen MR) is 104 cm³/mol. The van der Waals surface area contributed by atoms with Crippen LogP contribution in [-0.2, 0) is 13.1 Å². The summed E-state index contributed by atoms with van der Waals surface area (Å²) in [6, 6.07) is 11.2. The van der Waals surface area contributed by atoms with Crippen LogP contribution in [0, 0.1) is 0 Å². The van der Waals surface area contributed by atoms with Crippen LogP contribution in [0.15, 0.2) is 49.1 Å². The molecule has 7 nitrogen and oxygen atoms in total. The van der Waals surface area contributed by atoms with Crippen molar-refractivity contribution in [2.45, 2.75) is 19.5 Å². The van der Waals surface area contributed by atoms with Crippen molar-refractivity contribution in [1.29, 1.82) is 0 Å². The molecule has 1 aromatic heterocycles. The van der Waals surface area contributed by atoms with E-state index in [0.717, 1.165) is 17.5 Å². The lowest BCUT2D eigenvalue weighted by Crippen LogP contribution is -2.23. The van der Waals surface area contributed by atoms with Gasteiger partial charge in [-0.05, 0) is 23.3 Å². The highest BCUT2D eigenvalue weighted by molar-refractivity contribution is 6.32. The fourth-order valence-corrected chi connectivity index (χ4v) is 3.25. The fourth-order valence-electron chi connectivity index (χ4n) is 2.99. The number of hydrogen-bond donors (Lipinski definition) is 1. The van der Waals surface area contributed by atoms with E-state index in [1.54, 1.807) is 23.1 Å². The van der Waals surface area contributed by atoms with Crippen LogP contribution in [0.4, 0.5) is 0 Å². The Kier molecular flexibility index (Phi) is 5.43. The van der Waals surface area contributed by atoms with E-state index in [2.05, 4.69) is 15.4 Å². The van der Waals surface area contributed by atoms with E-state index in [9.17, 15) is 4.79 Å². The van der Waals surface area contributed by atoms with Crippen molar-refractivity contribution in [3.8, 4) is 11.5 Å². The Hall–Kier alpha value is -3.06. The summed E-state index contributed by atoms with van der Waals surface area (Å²) in [5.74, 6) is 0.778. The molecule has 0 atom stereocenters. The molecule has 1 aliphatic rings. The van der Waals surface area contributed by atoms with Crippen molar-refractivity contribution in [2.24, 2.45) is 0 Å². The number of hydrogen-bond acceptors (Lipinski definition) is 5. The minimum Gasteiger partial charge on any atom is -0.489 e. The maximum Gasteiger partial charge on any atom is 0.251 e. The standard InChI is InChI=1S/C20H19ClN4O3/c21-17-8-16(9-18-19(17)28-6-2-5-27-18)20(26)23-10-14-3-1-4-15(7-14)11-25-13-22-12-24-25/h1,3-4,7-9,12-13H,2,5-6,10-11H2,(H,23,26). The number of nitrogens with one attached hydrogen (secondary N) is 1. The Balaban J connectivity index is 1.43. The molecule has 0 saturated carbocycles. The highest BCUT2D eigenvalue weighted by atomic mass is 35.5. The average molecular weight is 399 g/mol. The number of aromatic nitrogens is 3. The van der Waals surface area contributed by atoms with Gasteiger partial charge in [-0.1, -0.05) is 35.9 Å². The van der Waals surface area contributed by atoms with Gasteiger partial charge in [-0.2, -0.15) is 5.10 Å². The number of rotatable bonds is 5. The van der Waals surface area contributed by atoms with Gasteiger partial charge in [-0.3, -0.25) is 4.79 Å². The zero-order valence-electron chi connectivity index (χ0n) is 15.1. The Labute approximate surface area is 167 Å². The lowest BCUT2D eigenvalue weighted by atomic mass is 10.1. The lowest BCUT2D eigenvalue weighted by molar-refractivity contribution is 0.0950. The Morgan fingerprint density at radius 3 is 2.89 bits per heavy atom. The number of amides is 1. The van der Waals surface area contributed by atoms with E-state index in [4.69, 9.17) is 21.1 Å². The van der Waals surface area contributed by atoms with E-state index in [1.165, 1.54) is 6.33 Å². The van der Waals surface area contributed by atoms with Gasteiger partial charge in [0.15, 0.2) is 11.5 Å². The second-order valence-electron chi connectivity index (χ2n) is 6.43. The van der Waals surface area contributed by atoms with Crippen LogP contribution in [-0.4, -0.2) is 33.9 Å². The van der Waals surface area contributed by atoms with E-state index in [0.29, 0.717) is 48.4 Å². The lowest BCUT2D eigenvalue weighted by Gasteiger charge is -2.12. The third-order valence-corrected chi connectivity index (χ3v) is 4.60. The normalized spacial score (nSPS) is 13.0. The minimum absolute atomic E-state index is 0.223. The number of carbonyl (C=O) groups excluding carboxylic acids is 1. The summed E-state index contributed by atoms with van der Waals surface area (Å²) < 4.78 is 13.0. The van der Waals surface area contributed by atoms with E-state index in [1.807, 2.05) is 24.3 Å². The van der Waals surface area contributed by atoms with Gasteiger partial charge in [-0.25, -0.2) is 9.67 Å². The first-order valence-corrected chi connectivity index (χ1v) is 9.34. The van der Waals surface area contributed by atoms with Gasteiger partial charge in [0.1, 0.15) is 12.7 Å². The highest BCUT2D eigenvalue weighted by Gasteiger charge is 2.18. The molecule has 1 amide bonds. The van der Waals surface area contributed by atoms with Crippen LogP contribution in [0.5, 0.6) is 11.5 Å². The molecule has 1 N–H and O–H groups in total. The summed E-state index contributed by atoms with van der Waals surface area (Å²) in [6.07, 6.45) is 3.95. The fraction of sp³-hybridized carbons (Fsp3) is 0.250. The molecule has 0 saturated heterocycles. The summed E-state index contributed by atoms with van der Waals surface area (Å²) in [7, 11) is 0. The molecule has 8 heteroatoms. The van der Waals surface area contributed by atoms with E-state index >= 15 is 0 Å². The quantitative estimate of drug-likeness (QED) is 0.714. The third-order valence-electron chi connectivity index (χ3n) is 4.32. The summed E-state index contributed by atoms with van der Waals surface area (Å²) in [5.41, 5.74) is 2.51. The maximum atomic E-state index is 12.6. The summed E-state index contributed by atoms with van der Waals surface area (Å²) in [4.78, 5) is 16.5. The van der Waals surface area contributed by atoms with Gasteiger partial charge in [0, 0.05) is 18.5 Å². The van der Waals surface area contributed by atoms with Crippen LogP contribution >= 0.6 is 11.6 Å². The van der Waals surface area contributed by atoms with Crippen molar-refractivity contribution in [3.63, 3.8) is 0 Å². The van der Waals surface area contributed by atoms with Crippen molar-refractivity contribution in [3.05, 3.63) is 70.8 Å². The molecule has 0 spiro atoms. The van der Waals surface area contributed by atoms with Crippen molar-refractivity contribution < 1.29 is 14.3 Å². The maximum absolute atomic E-state index is 12.6. The predicted octanol–water partition coefficient (Wildman–Crippen LogP) is 3.07. The smallest absolute Gasteiger partial charge is 0.251 e. The summed E-state index contributed by atoms with van der Waals surface area (Å²) in [6.45, 7) is 2.10. The van der Waals surface area contributed by atoms with Gasteiger partial charge in [-0.15, -0.1) is 0 Å². The number of nitrogens with zero attached hydrogens (tertiary/aromatic N) is 3. The van der Waals surface area contributed by atoms with Crippen LogP contribution in [0.3, 0.4) is 0 Å². The SMILES string of the molecule is O=C(NCc1cccc(Cn2cncn2)c1)c1cc(Cl)c2c(c1)OCCCO2. The average Bonchev–Trinajstić information content (AvgIpc) is 3.08. The number of carbonyl (C=O) groups is 1.